The summed E-state index contributed by atoms with van der Waals surface area (Å²) >= 11 is 0. The molecule has 2 fully saturated rings. The second kappa shape index (κ2) is 2.56. The van der Waals surface area contributed by atoms with Gasteiger partial charge in [0, 0.05) is 6.42 Å². The van der Waals surface area contributed by atoms with Crippen LogP contribution in [0, 0.1) is 11.3 Å². The van der Waals surface area contributed by atoms with E-state index in [1.807, 2.05) is 0 Å². The molecule has 1 saturated heterocycles. The maximum absolute atomic E-state index is 11.0. The van der Waals surface area contributed by atoms with Crippen LogP contribution in [0.1, 0.15) is 33.1 Å². The van der Waals surface area contributed by atoms with Gasteiger partial charge in [-0.2, -0.15) is 0 Å². The molecule has 2 heteroatoms. The van der Waals surface area contributed by atoms with Gasteiger partial charge in [0.25, 0.3) is 0 Å². The monoisotopic (exact) mass is 168 g/mol. The molecule has 2 nitrogen and oxygen atoms in total. The fraction of sp³-hybridized carbons (Fsp3) is 0.900. The molecule has 1 heterocycles. The molecule has 3 atom stereocenters. The Bertz CT molecular complexity index is 212. The van der Waals surface area contributed by atoms with Crippen molar-refractivity contribution in [2.45, 2.75) is 39.2 Å². The van der Waals surface area contributed by atoms with Crippen LogP contribution in [0.4, 0.5) is 0 Å². The normalized spacial score (nSPS) is 45.2. The van der Waals surface area contributed by atoms with Crippen molar-refractivity contribution in [3.05, 3.63) is 0 Å². The number of ketones is 1. The van der Waals surface area contributed by atoms with Gasteiger partial charge in [0.05, 0.1) is 12.7 Å². The first-order valence-electron chi connectivity index (χ1n) is 4.73. The van der Waals surface area contributed by atoms with Crippen molar-refractivity contribution in [3.63, 3.8) is 0 Å². The summed E-state index contributed by atoms with van der Waals surface area (Å²) in [6.45, 7) is 4.69. The van der Waals surface area contributed by atoms with Gasteiger partial charge >= 0.3 is 0 Å². The average Bonchev–Trinajstić information content (AvgIpc) is 2.58. The standard InChI is InChI=1S/C10H16O2/c1-7(11)3-10-4-8(2)12-6-9(10)5-10/h8-9H,3-6H2,1-2H3/t8-,9-,10-/m1/s1. The fourth-order valence-electron chi connectivity index (χ4n) is 2.61. The number of hydrogen-bond acceptors (Lipinski definition) is 2. The molecule has 0 aromatic rings. The maximum Gasteiger partial charge on any atom is 0.130 e. The van der Waals surface area contributed by atoms with E-state index in [2.05, 4.69) is 6.92 Å². The minimum absolute atomic E-state index is 0.339. The Hall–Kier alpha value is -0.370. The van der Waals surface area contributed by atoms with Crippen LogP contribution in [0.15, 0.2) is 0 Å². The third-order valence-corrected chi connectivity index (χ3v) is 3.24. The first-order valence-corrected chi connectivity index (χ1v) is 4.73. The van der Waals surface area contributed by atoms with Crippen LogP contribution >= 0.6 is 0 Å². The molecule has 0 unspecified atom stereocenters. The Morgan fingerprint density at radius 3 is 3.00 bits per heavy atom. The summed E-state index contributed by atoms with van der Waals surface area (Å²) in [7, 11) is 0. The summed E-state index contributed by atoms with van der Waals surface area (Å²) in [6, 6.07) is 0. The number of rotatable bonds is 2. The largest absolute Gasteiger partial charge is 0.378 e. The van der Waals surface area contributed by atoms with E-state index >= 15 is 0 Å². The quantitative estimate of drug-likeness (QED) is 0.628. The lowest BCUT2D eigenvalue weighted by atomic mass is 9.89. The highest BCUT2D eigenvalue weighted by Crippen LogP contribution is 2.61. The Labute approximate surface area is 73.3 Å². The molecule has 2 aliphatic rings. The molecule has 0 N–H and O–H groups in total. The van der Waals surface area contributed by atoms with E-state index in [0.29, 0.717) is 23.2 Å². The predicted octanol–water partition coefficient (Wildman–Crippen LogP) is 1.78. The Kier molecular flexibility index (Phi) is 1.76. The van der Waals surface area contributed by atoms with Crippen LogP contribution in [0.5, 0.6) is 0 Å². The fourth-order valence-corrected chi connectivity index (χ4v) is 2.61. The summed E-state index contributed by atoms with van der Waals surface area (Å²) < 4.78 is 5.53. The lowest BCUT2D eigenvalue weighted by molar-refractivity contribution is -0.119. The minimum Gasteiger partial charge on any atom is -0.378 e. The minimum atomic E-state index is 0.339. The number of carbonyl (C=O) groups is 1. The van der Waals surface area contributed by atoms with E-state index in [-0.39, 0.29) is 0 Å². The average molecular weight is 168 g/mol. The van der Waals surface area contributed by atoms with Crippen LogP contribution < -0.4 is 0 Å². The lowest BCUT2D eigenvalue weighted by Gasteiger charge is -2.26. The van der Waals surface area contributed by atoms with Gasteiger partial charge in [0.1, 0.15) is 5.78 Å². The van der Waals surface area contributed by atoms with E-state index in [0.717, 1.165) is 19.4 Å². The number of hydrogen-bond donors (Lipinski definition) is 0. The SMILES string of the molecule is CC(=O)C[C@@]12C[C@@H]1CO[C@H](C)C2. The second-order valence-corrected chi connectivity index (χ2v) is 4.49. The Morgan fingerprint density at radius 1 is 1.58 bits per heavy atom. The smallest absolute Gasteiger partial charge is 0.130 e. The lowest BCUT2D eigenvalue weighted by Crippen LogP contribution is -2.26. The van der Waals surface area contributed by atoms with Gasteiger partial charge in [-0.05, 0) is 38.0 Å². The zero-order valence-corrected chi connectivity index (χ0v) is 7.80. The van der Waals surface area contributed by atoms with Crippen LogP contribution in [0.2, 0.25) is 0 Å². The first-order chi connectivity index (χ1) is 5.62. The highest BCUT2D eigenvalue weighted by molar-refractivity contribution is 5.76. The van der Waals surface area contributed by atoms with Crippen molar-refractivity contribution < 1.29 is 9.53 Å². The van der Waals surface area contributed by atoms with Gasteiger partial charge in [-0.1, -0.05) is 0 Å². The Morgan fingerprint density at radius 2 is 2.33 bits per heavy atom. The summed E-state index contributed by atoms with van der Waals surface area (Å²) in [5.74, 6) is 1.03. The highest BCUT2D eigenvalue weighted by atomic mass is 16.5. The van der Waals surface area contributed by atoms with Gasteiger partial charge in [-0.25, -0.2) is 0 Å². The molecule has 0 amide bonds. The molecule has 0 bridgehead atoms. The molecular weight excluding hydrogens is 152 g/mol. The first kappa shape index (κ1) is 8.24. The van der Waals surface area contributed by atoms with Crippen molar-refractivity contribution in [1.82, 2.24) is 0 Å². The van der Waals surface area contributed by atoms with Crippen molar-refractivity contribution in [1.29, 1.82) is 0 Å². The number of Topliss-reactive ketones (excluding diaryl/α,β-unsaturated/α-hetero) is 1. The van der Waals surface area contributed by atoms with Gasteiger partial charge in [-0.15, -0.1) is 0 Å². The van der Waals surface area contributed by atoms with Gasteiger partial charge < -0.3 is 9.53 Å². The molecule has 12 heavy (non-hydrogen) atoms. The molecule has 1 aliphatic carbocycles. The van der Waals surface area contributed by atoms with Crippen LogP contribution in [0.25, 0.3) is 0 Å². The molecule has 1 aliphatic heterocycles. The van der Waals surface area contributed by atoms with Crippen molar-refractivity contribution in [2.75, 3.05) is 6.61 Å². The summed E-state index contributed by atoms with van der Waals surface area (Å²) in [5, 5.41) is 0. The van der Waals surface area contributed by atoms with Crippen LogP contribution in [0.3, 0.4) is 0 Å². The predicted molar refractivity (Wildman–Crippen MR) is 45.9 cm³/mol. The highest BCUT2D eigenvalue weighted by Gasteiger charge is 2.57. The topological polar surface area (TPSA) is 26.3 Å². The van der Waals surface area contributed by atoms with Crippen molar-refractivity contribution >= 4 is 5.78 Å². The molecule has 68 valence electrons. The molecule has 0 aromatic carbocycles. The van der Waals surface area contributed by atoms with Crippen LogP contribution in [-0.2, 0) is 9.53 Å². The van der Waals surface area contributed by atoms with E-state index < -0.39 is 0 Å². The zero-order chi connectivity index (χ0) is 8.77. The number of fused-ring (bicyclic) bond motifs is 1. The van der Waals surface area contributed by atoms with Gasteiger partial charge in [0.2, 0.25) is 0 Å². The Balaban J connectivity index is 1.99. The molecule has 1 saturated carbocycles. The third-order valence-electron chi connectivity index (χ3n) is 3.24. The van der Waals surface area contributed by atoms with E-state index in [1.165, 1.54) is 6.42 Å². The van der Waals surface area contributed by atoms with E-state index in [9.17, 15) is 4.79 Å². The molecule has 0 spiro atoms. The zero-order valence-electron chi connectivity index (χ0n) is 7.80. The van der Waals surface area contributed by atoms with E-state index in [1.54, 1.807) is 6.92 Å². The molecular formula is C10H16O2. The molecule has 0 aromatic heterocycles. The second-order valence-electron chi connectivity index (χ2n) is 4.49. The number of carbonyl (C=O) groups excluding carboxylic acids is 1. The summed E-state index contributed by atoms with van der Waals surface area (Å²) in [4.78, 5) is 11.0. The number of ether oxygens (including phenoxy) is 1. The summed E-state index contributed by atoms with van der Waals surface area (Å²) in [6.07, 6.45) is 3.46. The summed E-state index contributed by atoms with van der Waals surface area (Å²) in [5.41, 5.74) is 0.365. The van der Waals surface area contributed by atoms with Gasteiger partial charge in [0.15, 0.2) is 0 Å². The molecule has 0 radical (unpaired) electrons. The van der Waals surface area contributed by atoms with Crippen molar-refractivity contribution in [3.8, 4) is 0 Å². The van der Waals surface area contributed by atoms with Gasteiger partial charge in [-0.3, -0.25) is 0 Å². The molecule has 2 rings (SSSR count). The van der Waals surface area contributed by atoms with Crippen LogP contribution in [-0.4, -0.2) is 18.5 Å². The third kappa shape index (κ3) is 1.28. The maximum atomic E-state index is 11.0. The van der Waals surface area contributed by atoms with Crippen molar-refractivity contribution in [2.24, 2.45) is 11.3 Å². The van der Waals surface area contributed by atoms with E-state index in [4.69, 9.17) is 4.74 Å².